The van der Waals surface area contributed by atoms with E-state index in [9.17, 15) is 4.39 Å². The second kappa shape index (κ2) is 6.83. The standard InChI is InChI=1S/C7H17FNO.ClH/c1-9(2,6-7-10)5-3-4-8;/h10H,3-7H2,1-2H3;1H/q+1;/p-1. The lowest BCUT2D eigenvalue weighted by atomic mass is 10.3. The van der Waals surface area contributed by atoms with Crippen LogP contribution in [-0.4, -0.2) is 50.1 Å². The largest absolute Gasteiger partial charge is 1.00 e. The van der Waals surface area contributed by atoms with Gasteiger partial charge < -0.3 is 22.0 Å². The van der Waals surface area contributed by atoms with Gasteiger partial charge in [-0.25, -0.2) is 0 Å². The van der Waals surface area contributed by atoms with Crippen molar-refractivity contribution in [2.45, 2.75) is 6.42 Å². The Balaban J connectivity index is 0. The number of aliphatic hydroxyl groups excluding tert-OH is 1. The van der Waals surface area contributed by atoms with Crippen molar-refractivity contribution in [3.63, 3.8) is 0 Å². The fourth-order valence-corrected chi connectivity index (χ4v) is 0.870. The third-order valence-corrected chi connectivity index (χ3v) is 1.60. The van der Waals surface area contributed by atoms with Gasteiger partial charge >= 0.3 is 0 Å². The van der Waals surface area contributed by atoms with Crippen LogP contribution >= 0.6 is 0 Å². The molecular weight excluding hydrogens is 169 g/mol. The van der Waals surface area contributed by atoms with Gasteiger partial charge in [-0.3, -0.25) is 4.39 Å². The highest BCUT2D eigenvalue weighted by Crippen LogP contribution is 1.97. The maximum absolute atomic E-state index is 11.7. The number of aliphatic hydroxyl groups is 1. The zero-order chi connectivity index (χ0) is 8.04. The van der Waals surface area contributed by atoms with Crippen LogP contribution in [0.4, 0.5) is 4.39 Å². The summed E-state index contributed by atoms with van der Waals surface area (Å²) in [5.41, 5.74) is 0. The minimum atomic E-state index is -0.257. The van der Waals surface area contributed by atoms with Gasteiger partial charge in [-0.15, -0.1) is 0 Å². The van der Waals surface area contributed by atoms with Crippen LogP contribution in [0.3, 0.4) is 0 Å². The molecule has 0 aliphatic carbocycles. The van der Waals surface area contributed by atoms with E-state index in [4.69, 9.17) is 5.11 Å². The summed E-state index contributed by atoms with van der Waals surface area (Å²) in [5.74, 6) is 0. The van der Waals surface area contributed by atoms with Crippen molar-refractivity contribution < 1.29 is 26.4 Å². The van der Waals surface area contributed by atoms with Crippen LogP contribution in [0.2, 0.25) is 0 Å². The fourth-order valence-electron chi connectivity index (χ4n) is 0.870. The van der Waals surface area contributed by atoms with E-state index in [1.165, 1.54) is 0 Å². The normalized spacial score (nSPS) is 10.9. The van der Waals surface area contributed by atoms with E-state index in [-0.39, 0.29) is 25.7 Å². The molecule has 70 valence electrons. The minimum absolute atomic E-state index is 0. The van der Waals surface area contributed by atoms with Crippen molar-refractivity contribution in [2.24, 2.45) is 0 Å². The smallest absolute Gasteiger partial charge is 0.102 e. The average molecular weight is 186 g/mol. The van der Waals surface area contributed by atoms with Crippen LogP contribution in [0.25, 0.3) is 0 Å². The van der Waals surface area contributed by atoms with Crippen LogP contribution < -0.4 is 12.4 Å². The number of nitrogens with zero attached hydrogens (tertiary/aromatic N) is 1. The summed E-state index contributed by atoms with van der Waals surface area (Å²) in [5, 5.41) is 8.59. The lowest BCUT2D eigenvalue weighted by Gasteiger charge is -2.28. The number of rotatable bonds is 5. The van der Waals surface area contributed by atoms with E-state index < -0.39 is 0 Å². The molecule has 0 saturated heterocycles. The molecule has 0 amide bonds. The van der Waals surface area contributed by atoms with E-state index in [0.717, 1.165) is 6.54 Å². The average Bonchev–Trinajstić information content (AvgIpc) is 1.84. The molecule has 0 radical (unpaired) electrons. The molecule has 0 aromatic rings. The van der Waals surface area contributed by atoms with Gasteiger partial charge in [0.25, 0.3) is 0 Å². The van der Waals surface area contributed by atoms with Gasteiger partial charge in [0.05, 0.1) is 33.9 Å². The minimum Gasteiger partial charge on any atom is -1.00 e. The van der Waals surface area contributed by atoms with Crippen LogP contribution in [0.5, 0.6) is 0 Å². The molecule has 1 N–H and O–H groups in total. The summed E-state index contributed by atoms with van der Waals surface area (Å²) >= 11 is 0. The second-order valence-electron chi connectivity index (χ2n) is 3.15. The van der Waals surface area contributed by atoms with E-state index in [1.54, 1.807) is 0 Å². The maximum Gasteiger partial charge on any atom is 0.102 e. The Morgan fingerprint density at radius 2 is 1.82 bits per heavy atom. The summed E-state index contributed by atoms with van der Waals surface area (Å²) in [4.78, 5) is 0. The summed E-state index contributed by atoms with van der Waals surface area (Å²) in [6.07, 6.45) is 0.590. The number of hydrogen-bond donors (Lipinski definition) is 1. The molecule has 4 heteroatoms. The van der Waals surface area contributed by atoms with Crippen molar-refractivity contribution in [1.82, 2.24) is 0 Å². The zero-order valence-corrected chi connectivity index (χ0v) is 7.94. The molecule has 0 saturated carbocycles. The molecule has 2 nitrogen and oxygen atoms in total. The number of alkyl halides is 1. The molecule has 0 aliphatic rings. The molecule has 0 spiro atoms. The Hall–Kier alpha value is 0.140. The molecular formula is C7H17ClFNO. The van der Waals surface area contributed by atoms with Gasteiger partial charge in [-0.05, 0) is 0 Å². The number of quaternary nitrogens is 1. The van der Waals surface area contributed by atoms with Crippen molar-refractivity contribution in [3.05, 3.63) is 0 Å². The van der Waals surface area contributed by atoms with Gasteiger partial charge in [0.1, 0.15) is 6.54 Å². The zero-order valence-electron chi connectivity index (χ0n) is 7.19. The molecule has 0 aliphatic heterocycles. The molecule has 11 heavy (non-hydrogen) atoms. The van der Waals surface area contributed by atoms with Crippen LogP contribution in [0.15, 0.2) is 0 Å². The van der Waals surface area contributed by atoms with Crippen molar-refractivity contribution in [2.75, 3.05) is 40.5 Å². The lowest BCUT2D eigenvalue weighted by molar-refractivity contribution is -0.890. The van der Waals surface area contributed by atoms with Crippen molar-refractivity contribution in [3.8, 4) is 0 Å². The first-order valence-electron chi connectivity index (χ1n) is 3.61. The van der Waals surface area contributed by atoms with Gasteiger partial charge in [-0.1, -0.05) is 0 Å². The molecule has 0 aromatic carbocycles. The highest BCUT2D eigenvalue weighted by atomic mass is 35.5. The summed E-state index contributed by atoms with van der Waals surface area (Å²) in [7, 11) is 3.98. The summed E-state index contributed by atoms with van der Waals surface area (Å²) < 4.78 is 12.4. The van der Waals surface area contributed by atoms with Crippen LogP contribution in [0, 0.1) is 0 Å². The Morgan fingerprint density at radius 3 is 2.18 bits per heavy atom. The molecule has 0 unspecified atom stereocenters. The first kappa shape index (κ1) is 13.7. The van der Waals surface area contributed by atoms with Gasteiger partial charge in [-0.2, -0.15) is 0 Å². The molecule has 0 rings (SSSR count). The topological polar surface area (TPSA) is 20.2 Å². The second-order valence-corrected chi connectivity index (χ2v) is 3.15. The highest BCUT2D eigenvalue weighted by Gasteiger charge is 2.12. The predicted octanol–water partition coefficient (Wildman–Crippen LogP) is -2.58. The maximum atomic E-state index is 11.7. The highest BCUT2D eigenvalue weighted by molar-refractivity contribution is 4.34. The Bertz CT molecular complexity index is 90.5. The number of hydrogen-bond acceptors (Lipinski definition) is 1. The monoisotopic (exact) mass is 185 g/mol. The fraction of sp³-hybridized carbons (Fsp3) is 1.00. The van der Waals surface area contributed by atoms with Crippen LogP contribution in [-0.2, 0) is 0 Å². The summed E-state index contributed by atoms with van der Waals surface area (Å²) in [6.45, 7) is 1.43. The van der Waals surface area contributed by atoms with Crippen molar-refractivity contribution in [1.29, 1.82) is 0 Å². The van der Waals surface area contributed by atoms with Gasteiger partial charge in [0.2, 0.25) is 0 Å². The van der Waals surface area contributed by atoms with Gasteiger partial charge in [0.15, 0.2) is 0 Å². The van der Waals surface area contributed by atoms with E-state index in [2.05, 4.69) is 0 Å². The van der Waals surface area contributed by atoms with E-state index in [1.807, 2.05) is 14.1 Å². The Kier molecular flexibility index (Phi) is 8.51. The molecule has 0 aromatic heterocycles. The lowest BCUT2D eigenvalue weighted by Crippen LogP contribution is -3.00. The molecule has 0 fully saturated rings. The Morgan fingerprint density at radius 1 is 1.27 bits per heavy atom. The van der Waals surface area contributed by atoms with E-state index >= 15 is 0 Å². The Labute approximate surface area is 74.0 Å². The quantitative estimate of drug-likeness (QED) is 0.467. The van der Waals surface area contributed by atoms with Gasteiger partial charge in [0, 0.05) is 6.42 Å². The van der Waals surface area contributed by atoms with Crippen LogP contribution in [0.1, 0.15) is 6.42 Å². The molecule has 0 atom stereocenters. The SMILES string of the molecule is C[N+](C)(CCO)CCCF.[Cl-]. The first-order valence-corrected chi connectivity index (χ1v) is 3.61. The molecule has 0 bridgehead atoms. The molecule has 0 heterocycles. The number of halogens is 2. The predicted molar refractivity (Wildman–Crippen MR) is 39.5 cm³/mol. The van der Waals surface area contributed by atoms with Crippen molar-refractivity contribution >= 4 is 0 Å². The first-order chi connectivity index (χ1) is 4.62. The van der Waals surface area contributed by atoms with E-state index in [0.29, 0.717) is 17.4 Å². The number of likely N-dealkylation sites (N-methyl/N-ethyl adjacent to an activating group) is 1. The third-order valence-electron chi connectivity index (χ3n) is 1.60. The summed E-state index contributed by atoms with van der Waals surface area (Å²) in [6, 6.07) is 0. The third kappa shape index (κ3) is 8.04.